The highest BCUT2D eigenvalue weighted by Gasteiger charge is 2.30. The van der Waals surface area contributed by atoms with E-state index in [4.69, 9.17) is 5.73 Å². The predicted octanol–water partition coefficient (Wildman–Crippen LogP) is 4.02. The van der Waals surface area contributed by atoms with Gasteiger partial charge in [0.15, 0.2) is 0 Å². The highest BCUT2D eigenvalue weighted by molar-refractivity contribution is 5.95. The molecule has 0 radical (unpaired) electrons. The molecular weight excluding hydrogens is 341 g/mol. The summed E-state index contributed by atoms with van der Waals surface area (Å²) in [5, 5.41) is 0. The summed E-state index contributed by atoms with van der Waals surface area (Å²) in [4.78, 5) is 19.1. The van der Waals surface area contributed by atoms with Crippen molar-refractivity contribution in [2.45, 2.75) is 57.5 Å². The average Bonchev–Trinajstić information content (AvgIpc) is 3.11. The summed E-state index contributed by atoms with van der Waals surface area (Å²) in [6.07, 6.45) is 9.69. The van der Waals surface area contributed by atoms with Crippen LogP contribution in [0.25, 0.3) is 0 Å². The van der Waals surface area contributed by atoms with Gasteiger partial charge < -0.3 is 10.6 Å². The number of rotatable bonds is 9. The topological polar surface area (TPSA) is 58.7 Å². The molecule has 0 saturated carbocycles. The number of nitrogens with two attached hydrogens (primary N) is 1. The molecule has 0 bridgehead atoms. The molecule has 0 spiro atoms. The maximum atomic E-state index is 13.8. The van der Waals surface area contributed by atoms with Gasteiger partial charge in [0.2, 0.25) is 5.91 Å². The molecule has 2 rings (SSSR count). The molecule has 1 heterocycles. The Morgan fingerprint density at radius 2 is 2.26 bits per heavy atom. The van der Waals surface area contributed by atoms with E-state index in [-0.39, 0.29) is 24.2 Å². The van der Waals surface area contributed by atoms with Gasteiger partial charge in [0.25, 0.3) is 0 Å². The molecule has 2 N–H and O–H groups in total. The Labute approximate surface area is 161 Å². The molecule has 1 saturated heterocycles. The maximum Gasteiger partial charge on any atom is 0.224 e. The van der Waals surface area contributed by atoms with Crippen molar-refractivity contribution in [1.29, 1.82) is 0 Å². The highest BCUT2D eigenvalue weighted by atomic mass is 19.1. The van der Waals surface area contributed by atoms with Crippen LogP contribution in [0.1, 0.15) is 44.6 Å². The van der Waals surface area contributed by atoms with Crippen molar-refractivity contribution in [3.8, 4) is 0 Å². The van der Waals surface area contributed by atoms with Crippen molar-refractivity contribution in [3.05, 3.63) is 60.6 Å². The minimum Gasteiger partial charge on any atom is -0.339 e. The fraction of sp³-hybridized carbons (Fsp3) is 0.455. The number of carbonyl (C=O) groups excluding carboxylic acids is 1. The summed E-state index contributed by atoms with van der Waals surface area (Å²) in [5.41, 5.74) is 7.58. The van der Waals surface area contributed by atoms with Crippen LogP contribution in [0.2, 0.25) is 0 Å². The zero-order chi connectivity index (χ0) is 19.6. The molecule has 2 unspecified atom stereocenters. The first-order valence-corrected chi connectivity index (χ1v) is 9.67. The standard InChI is InChI=1S/C22H30FN3O/c1-3-5-12-25-19(4-2)16-20-10-8-13-26(20)22(27)15-18(24)14-17-9-6-7-11-21(17)23/h4-7,9,11-12,18,20H,2-3,8,10,13-16,24H2,1H3/b12-5-,25-19?. The number of nitrogens with zero attached hydrogens (tertiary/aromatic N) is 2. The molecule has 2 atom stereocenters. The van der Waals surface area contributed by atoms with E-state index in [1.165, 1.54) is 6.07 Å². The lowest BCUT2D eigenvalue weighted by atomic mass is 10.0. The van der Waals surface area contributed by atoms with Crippen molar-refractivity contribution < 1.29 is 9.18 Å². The Kier molecular flexibility index (Phi) is 8.40. The minimum absolute atomic E-state index is 0.0360. The van der Waals surface area contributed by atoms with Gasteiger partial charge in [-0.2, -0.15) is 0 Å². The van der Waals surface area contributed by atoms with Crippen LogP contribution in [-0.2, 0) is 11.2 Å². The third-order valence-electron chi connectivity index (χ3n) is 4.84. The van der Waals surface area contributed by atoms with Crippen LogP contribution in [0.15, 0.2) is 54.2 Å². The maximum absolute atomic E-state index is 13.8. The van der Waals surface area contributed by atoms with Crippen molar-refractivity contribution in [2.24, 2.45) is 10.7 Å². The number of allylic oxidation sites excluding steroid dienone is 2. The molecule has 146 valence electrons. The van der Waals surface area contributed by atoms with E-state index >= 15 is 0 Å². The van der Waals surface area contributed by atoms with E-state index in [0.717, 1.165) is 31.5 Å². The van der Waals surface area contributed by atoms with E-state index in [1.54, 1.807) is 30.5 Å². The van der Waals surface area contributed by atoms with E-state index in [2.05, 4.69) is 18.5 Å². The van der Waals surface area contributed by atoms with Gasteiger partial charge in [-0.05, 0) is 43.4 Å². The molecule has 5 heteroatoms. The van der Waals surface area contributed by atoms with E-state index in [9.17, 15) is 9.18 Å². The molecule has 1 aliphatic heterocycles. The lowest BCUT2D eigenvalue weighted by Crippen LogP contribution is -2.40. The Morgan fingerprint density at radius 1 is 1.48 bits per heavy atom. The number of hydrogen-bond acceptors (Lipinski definition) is 3. The Bertz CT molecular complexity index is 699. The molecular formula is C22H30FN3O. The van der Waals surface area contributed by atoms with Gasteiger partial charge in [0.1, 0.15) is 5.82 Å². The van der Waals surface area contributed by atoms with Crippen LogP contribution >= 0.6 is 0 Å². The molecule has 0 aromatic heterocycles. The lowest BCUT2D eigenvalue weighted by molar-refractivity contribution is -0.132. The van der Waals surface area contributed by atoms with Gasteiger partial charge in [0.05, 0.1) is 0 Å². The number of benzene rings is 1. The van der Waals surface area contributed by atoms with Crippen molar-refractivity contribution in [3.63, 3.8) is 0 Å². The van der Waals surface area contributed by atoms with E-state index < -0.39 is 6.04 Å². The highest BCUT2D eigenvalue weighted by Crippen LogP contribution is 2.22. The summed E-state index contributed by atoms with van der Waals surface area (Å²) in [5.74, 6) is -0.236. The second-order valence-electron chi connectivity index (χ2n) is 6.96. The van der Waals surface area contributed by atoms with E-state index in [1.807, 2.05) is 11.0 Å². The fourth-order valence-corrected chi connectivity index (χ4v) is 3.42. The van der Waals surface area contributed by atoms with Crippen LogP contribution in [0.5, 0.6) is 0 Å². The molecule has 0 aliphatic carbocycles. The molecule has 1 fully saturated rings. The number of carbonyl (C=O) groups is 1. The Balaban J connectivity index is 1.94. The zero-order valence-corrected chi connectivity index (χ0v) is 16.1. The first-order valence-electron chi connectivity index (χ1n) is 9.67. The second-order valence-corrected chi connectivity index (χ2v) is 6.96. The van der Waals surface area contributed by atoms with Gasteiger partial charge >= 0.3 is 0 Å². The van der Waals surface area contributed by atoms with Crippen molar-refractivity contribution in [2.75, 3.05) is 6.54 Å². The monoisotopic (exact) mass is 371 g/mol. The fourth-order valence-electron chi connectivity index (χ4n) is 3.42. The summed E-state index contributed by atoms with van der Waals surface area (Å²) in [6.45, 7) is 6.63. The number of likely N-dealkylation sites (tertiary alicyclic amines) is 1. The molecule has 1 amide bonds. The number of amides is 1. The first-order chi connectivity index (χ1) is 13.0. The third-order valence-corrected chi connectivity index (χ3v) is 4.84. The van der Waals surface area contributed by atoms with Crippen LogP contribution in [0, 0.1) is 5.82 Å². The van der Waals surface area contributed by atoms with E-state index in [0.29, 0.717) is 18.4 Å². The molecule has 1 aromatic carbocycles. The SMILES string of the molecule is C=CC(CC1CCCN1C(=O)CC(N)Cc1ccccc1F)=N/C=C\CC. The predicted molar refractivity (Wildman–Crippen MR) is 109 cm³/mol. The average molecular weight is 372 g/mol. The van der Waals surface area contributed by atoms with Gasteiger partial charge in [-0.1, -0.05) is 37.8 Å². The molecule has 4 nitrogen and oxygen atoms in total. The summed E-state index contributed by atoms with van der Waals surface area (Å²) < 4.78 is 13.8. The Morgan fingerprint density at radius 3 is 2.96 bits per heavy atom. The largest absolute Gasteiger partial charge is 0.339 e. The van der Waals surface area contributed by atoms with Crippen LogP contribution in [0.3, 0.4) is 0 Å². The lowest BCUT2D eigenvalue weighted by Gasteiger charge is -2.26. The Hall–Kier alpha value is -2.27. The normalized spacial score (nSPS) is 18.9. The van der Waals surface area contributed by atoms with Gasteiger partial charge in [-0.3, -0.25) is 9.79 Å². The van der Waals surface area contributed by atoms with Crippen LogP contribution < -0.4 is 5.73 Å². The smallest absolute Gasteiger partial charge is 0.224 e. The van der Waals surface area contributed by atoms with Gasteiger partial charge in [-0.15, -0.1) is 0 Å². The van der Waals surface area contributed by atoms with Gasteiger partial charge in [-0.25, -0.2) is 4.39 Å². The number of hydrogen-bond donors (Lipinski definition) is 1. The third kappa shape index (κ3) is 6.43. The zero-order valence-electron chi connectivity index (χ0n) is 16.1. The quantitative estimate of drug-likeness (QED) is 0.667. The summed E-state index contributed by atoms with van der Waals surface area (Å²) in [7, 11) is 0. The van der Waals surface area contributed by atoms with Gasteiger partial charge in [0, 0.05) is 43.4 Å². The second kappa shape index (κ2) is 10.8. The van der Waals surface area contributed by atoms with Crippen LogP contribution in [0.4, 0.5) is 4.39 Å². The molecule has 1 aliphatic rings. The summed E-state index contributed by atoms with van der Waals surface area (Å²) >= 11 is 0. The first kappa shape index (κ1) is 21.0. The van der Waals surface area contributed by atoms with Crippen LogP contribution in [-0.4, -0.2) is 35.1 Å². The number of halogens is 1. The number of aliphatic imine (C=N–C) groups is 1. The van der Waals surface area contributed by atoms with Crippen molar-refractivity contribution in [1.82, 2.24) is 4.90 Å². The summed E-state index contributed by atoms with van der Waals surface area (Å²) in [6, 6.07) is 6.31. The molecule has 1 aromatic rings. The molecule has 27 heavy (non-hydrogen) atoms. The minimum atomic E-state index is -0.393. The van der Waals surface area contributed by atoms with Crippen molar-refractivity contribution >= 4 is 11.6 Å².